The standard InChI is InChI=1S/C21H22N4O/c1-15(2)19-4-3-11-25(19)14-16-5-8-18(9-6-16)21(26)24-20-10-7-17(12-22)13-23-20/h3-10,13,15,19H,11,14H2,1-2H3,(H,23,24,26). The summed E-state index contributed by atoms with van der Waals surface area (Å²) in [5.74, 6) is 0.802. The molecule has 0 aliphatic carbocycles. The summed E-state index contributed by atoms with van der Waals surface area (Å²) in [6, 6.07) is 13.4. The lowest BCUT2D eigenvalue weighted by molar-refractivity contribution is 0.102. The van der Waals surface area contributed by atoms with Gasteiger partial charge in [0, 0.05) is 30.9 Å². The first-order valence-electron chi connectivity index (χ1n) is 8.74. The van der Waals surface area contributed by atoms with Crippen LogP contribution in [0.15, 0.2) is 54.7 Å². The lowest BCUT2D eigenvalue weighted by Crippen LogP contribution is -2.33. The fourth-order valence-corrected chi connectivity index (χ4v) is 3.11. The lowest BCUT2D eigenvalue weighted by atomic mass is 10.0. The molecule has 5 nitrogen and oxygen atoms in total. The molecule has 0 saturated carbocycles. The Morgan fingerprint density at radius 3 is 2.69 bits per heavy atom. The molecule has 0 spiro atoms. The van der Waals surface area contributed by atoms with Gasteiger partial charge < -0.3 is 5.32 Å². The number of aromatic nitrogens is 1. The first-order valence-corrected chi connectivity index (χ1v) is 8.74. The molecule has 5 heteroatoms. The van der Waals surface area contributed by atoms with Crippen LogP contribution in [0.5, 0.6) is 0 Å². The summed E-state index contributed by atoms with van der Waals surface area (Å²) in [5, 5.41) is 11.5. The molecule has 1 atom stereocenters. The largest absolute Gasteiger partial charge is 0.307 e. The van der Waals surface area contributed by atoms with Gasteiger partial charge in [0.25, 0.3) is 5.91 Å². The Labute approximate surface area is 154 Å². The van der Waals surface area contributed by atoms with Crippen molar-refractivity contribution in [1.82, 2.24) is 9.88 Å². The molecule has 26 heavy (non-hydrogen) atoms. The zero-order valence-electron chi connectivity index (χ0n) is 15.0. The molecule has 0 radical (unpaired) electrons. The third-order valence-electron chi connectivity index (χ3n) is 4.51. The SMILES string of the molecule is CC(C)C1C=CCN1Cc1ccc(C(=O)Nc2ccc(C#N)cn2)cc1. The second-order valence-corrected chi connectivity index (χ2v) is 6.79. The van der Waals surface area contributed by atoms with Crippen LogP contribution in [0.1, 0.15) is 35.3 Å². The topological polar surface area (TPSA) is 69.0 Å². The minimum Gasteiger partial charge on any atom is -0.307 e. The average molecular weight is 346 g/mol. The van der Waals surface area contributed by atoms with Crippen molar-refractivity contribution < 1.29 is 4.79 Å². The van der Waals surface area contributed by atoms with Crippen molar-refractivity contribution >= 4 is 11.7 Å². The van der Waals surface area contributed by atoms with E-state index in [9.17, 15) is 4.79 Å². The predicted octanol–water partition coefficient (Wildman–Crippen LogP) is 3.60. The second-order valence-electron chi connectivity index (χ2n) is 6.79. The lowest BCUT2D eigenvalue weighted by Gasteiger charge is -2.27. The number of nitrogens with one attached hydrogen (secondary N) is 1. The van der Waals surface area contributed by atoms with Crippen LogP contribution in [0.2, 0.25) is 0 Å². The maximum atomic E-state index is 12.3. The number of rotatable bonds is 5. The Morgan fingerprint density at radius 2 is 2.08 bits per heavy atom. The molecule has 1 aromatic carbocycles. The molecule has 1 aliphatic heterocycles. The van der Waals surface area contributed by atoms with Gasteiger partial charge >= 0.3 is 0 Å². The summed E-state index contributed by atoms with van der Waals surface area (Å²) in [4.78, 5) is 18.8. The highest BCUT2D eigenvalue weighted by molar-refractivity contribution is 6.03. The minimum absolute atomic E-state index is 0.211. The van der Waals surface area contributed by atoms with Crippen LogP contribution in [0.25, 0.3) is 0 Å². The van der Waals surface area contributed by atoms with E-state index in [-0.39, 0.29) is 5.91 Å². The van der Waals surface area contributed by atoms with Gasteiger partial charge in [-0.05, 0) is 35.7 Å². The fraction of sp³-hybridized carbons (Fsp3) is 0.286. The number of nitrogens with zero attached hydrogens (tertiary/aromatic N) is 3. The molecule has 3 rings (SSSR count). The number of hydrogen-bond donors (Lipinski definition) is 1. The maximum absolute atomic E-state index is 12.3. The van der Waals surface area contributed by atoms with Crippen molar-refractivity contribution in [2.24, 2.45) is 5.92 Å². The van der Waals surface area contributed by atoms with Crippen molar-refractivity contribution in [2.45, 2.75) is 26.4 Å². The predicted molar refractivity (Wildman–Crippen MR) is 102 cm³/mol. The molecule has 2 heterocycles. The zero-order chi connectivity index (χ0) is 18.5. The van der Waals surface area contributed by atoms with Gasteiger partial charge in [0.15, 0.2) is 0 Å². The smallest absolute Gasteiger partial charge is 0.256 e. The molecule has 0 fully saturated rings. The van der Waals surface area contributed by atoms with E-state index in [0.29, 0.717) is 28.9 Å². The molecular formula is C21H22N4O. The van der Waals surface area contributed by atoms with Crippen molar-refractivity contribution in [3.8, 4) is 6.07 Å². The number of nitriles is 1. The van der Waals surface area contributed by atoms with Gasteiger partial charge in [0.2, 0.25) is 0 Å². The molecule has 1 amide bonds. The van der Waals surface area contributed by atoms with E-state index in [1.165, 1.54) is 11.8 Å². The quantitative estimate of drug-likeness (QED) is 0.840. The van der Waals surface area contributed by atoms with Gasteiger partial charge in [-0.3, -0.25) is 9.69 Å². The normalized spacial score (nSPS) is 16.6. The highest BCUT2D eigenvalue weighted by atomic mass is 16.1. The summed E-state index contributed by atoms with van der Waals surface area (Å²) >= 11 is 0. The van der Waals surface area contributed by atoms with E-state index >= 15 is 0 Å². The summed E-state index contributed by atoms with van der Waals surface area (Å²) in [6.45, 7) is 6.31. The summed E-state index contributed by atoms with van der Waals surface area (Å²) in [5.41, 5.74) is 2.23. The minimum atomic E-state index is -0.211. The number of carbonyl (C=O) groups is 1. The van der Waals surface area contributed by atoms with Crippen LogP contribution in [0.3, 0.4) is 0 Å². The van der Waals surface area contributed by atoms with Crippen molar-refractivity contribution in [3.63, 3.8) is 0 Å². The third-order valence-corrected chi connectivity index (χ3v) is 4.51. The fourth-order valence-electron chi connectivity index (χ4n) is 3.11. The number of anilines is 1. The molecular weight excluding hydrogens is 324 g/mol. The van der Waals surface area contributed by atoms with Crippen LogP contribution in [-0.4, -0.2) is 28.4 Å². The maximum Gasteiger partial charge on any atom is 0.256 e. The Balaban J connectivity index is 1.61. The number of pyridine rings is 1. The molecule has 1 aliphatic rings. The molecule has 1 N–H and O–H groups in total. The van der Waals surface area contributed by atoms with Crippen LogP contribution < -0.4 is 5.32 Å². The van der Waals surface area contributed by atoms with Gasteiger partial charge in [-0.15, -0.1) is 0 Å². The first kappa shape index (κ1) is 17.8. The molecule has 0 saturated heterocycles. The van der Waals surface area contributed by atoms with Crippen molar-refractivity contribution in [3.05, 3.63) is 71.4 Å². The number of hydrogen-bond acceptors (Lipinski definition) is 4. The van der Waals surface area contributed by atoms with E-state index in [0.717, 1.165) is 13.1 Å². The number of carbonyl (C=O) groups excluding carboxylic acids is 1. The van der Waals surface area contributed by atoms with E-state index < -0.39 is 0 Å². The Kier molecular flexibility index (Phi) is 5.45. The summed E-state index contributed by atoms with van der Waals surface area (Å²) < 4.78 is 0. The van der Waals surface area contributed by atoms with Crippen molar-refractivity contribution in [2.75, 3.05) is 11.9 Å². The van der Waals surface area contributed by atoms with Crippen molar-refractivity contribution in [1.29, 1.82) is 5.26 Å². The first-order chi connectivity index (χ1) is 12.6. The number of benzene rings is 1. The van der Waals surface area contributed by atoms with Gasteiger partial charge in [0.05, 0.1) is 5.56 Å². The van der Waals surface area contributed by atoms with E-state index in [2.05, 4.69) is 41.2 Å². The third kappa shape index (κ3) is 4.16. The van der Waals surface area contributed by atoms with Crippen LogP contribution in [0.4, 0.5) is 5.82 Å². The van der Waals surface area contributed by atoms with Gasteiger partial charge in [0.1, 0.15) is 11.9 Å². The number of amides is 1. The van der Waals surface area contributed by atoms with Gasteiger partial charge in [-0.1, -0.05) is 38.1 Å². The summed E-state index contributed by atoms with van der Waals surface area (Å²) in [6.07, 6.45) is 5.93. The average Bonchev–Trinajstić information content (AvgIpc) is 3.11. The van der Waals surface area contributed by atoms with Crippen LogP contribution in [-0.2, 0) is 6.54 Å². The Hall–Kier alpha value is -2.97. The monoisotopic (exact) mass is 346 g/mol. The van der Waals surface area contributed by atoms with Crippen LogP contribution >= 0.6 is 0 Å². The van der Waals surface area contributed by atoms with E-state index in [1.807, 2.05) is 30.3 Å². The van der Waals surface area contributed by atoms with Crippen LogP contribution in [0, 0.1) is 17.2 Å². The van der Waals surface area contributed by atoms with Gasteiger partial charge in [-0.2, -0.15) is 5.26 Å². The Bertz CT molecular complexity index is 832. The second kappa shape index (κ2) is 7.94. The molecule has 1 aromatic heterocycles. The molecule has 0 bridgehead atoms. The zero-order valence-corrected chi connectivity index (χ0v) is 15.0. The Morgan fingerprint density at radius 1 is 1.31 bits per heavy atom. The summed E-state index contributed by atoms with van der Waals surface area (Å²) in [7, 11) is 0. The molecule has 132 valence electrons. The van der Waals surface area contributed by atoms with E-state index in [1.54, 1.807) is 12.1 Å². The molecule has 1 unspecified atom stereocenters. The molecule has 2 aromatic rings. The highest BCUT2D eigenvalue weighted by Gasteiger charge is 2.22. The van der Waals surface area contributed by atoms with Gasteiger partial charge in [-0.25, -0.2) is 4.98 Å². The van der Waals surface area contributed by atoms with E-state index in [4.69, 9.17) is 5.26 Å². The highest BCUT2D eigenvalue weighted by Crippen LogP contribution is 2.20.